The first-order valence-electron chi connectivity index (χ1n) is 11.4. The molecule has 0 aliphatic heterocycles. The molecule has 1 heterocycles. The smallest absolute Gasteiger partial charge is 0.487 e. The molecule has 0 radical (unpaired) electrons. The molecule has 0 fully saturated rings. The van der Waals surface area contributed by atoms with Gasteiger partial charge in [0.15, 0.2) is 11.5 Å². The summed E-state index contributed by atoms with van der Waals surface area (Å²) in [5.41, 5.74) is 3.29. The summed E-state index contributed by atoms with van der Waals surface area (Å²) in [7, 11) is 4.20. The molecule has 198 valence electrons. The molecule has 2 aliphatic rings. The van der Waals surface area contributed by atoms with E-state index in [0.29, 0.717) is 39.2 Å². The van der Waals surface area contributed by atoms with E-state index >= 15 is 0 Å². The van der Waals surface area contributed by atoms with E-state index in [9.17, 15) is 22.8 Å². The Balaban J connectivity index is 1.83. The minimum Gasteiger partial charge on any atom is -0.497 e. The van der Waals surface area contributed by atoms with Crippen LogP contribution in [0.25, 0.3) is 11.1 Å². The number of halogens is 3. The number of hydrogen-bond acceptors (Lipinski definition) is 6. The Morgan fingerprint density at radius 1 is 1.03 bits per heavy atom. The molecule has 2 aliphatic carbocycles. The number of carbonyl (C=O) groups excluding carboxylic acids is 2. The van der Waals surface area contributed by atoms with Crippen molar-refractivity contribution in [3.63, 3.8) is 0 Å². The highest BCUT2D eigenvalue weighted by molar-refractivity contribution is 6.10. The standard InChI is InChI=1S/C28H24F3NO6/c1-16-21(10-17-11-24(36-3)27(34)25(12-17)37-4)20-8-7-18(35-2)13-23(20)22(16)14-26(33)32(28(29,30)31)15-19-6-5-9-38-19/h5-14H,15H2,1-4H3. The van der Waals surface area contributed by atoms with E-state index in [1.165, 1.54) is 51.9 Å². The molecule has 0 spiro atoms. The molecule has 7 nitrogen and oxygen atoms in total. The van der Waals surface area contributed by atoms with E-state index in [2.05, 4.69) is 0 Å². The Morgan fingerprint density at radius 3 is 2.26 bits per heavy atom. The van der Waals surface area contributed by atoms with Crippen molar-refractivity contribution in [1.29, 1.82) is 0 Å². The molecule has 1 aromatic heterocycles. The van der Waals surface area contributed by atoms with Gasteiger partial charge in [-0.3, -0.25) is 9.59 Å². The van der Waals surface area contributed by atoms with Crippen molar-refractivity contribution < 1.29 is 41.4 Å². The van der Waals surface area contributed by atoms with Gasteiger partial charge in [0.25, 0.3) is 11.7 Å². The second-order valence-electron chi connectivity index (χ2n) is 8.38. The largest absolute Gasteiger partial charge is 0.497 e. The zero-order valence-electron chi connectivity index (χ0n) is 21.0. The highest BCUT2D eigenvalue weighted by Gasteiger charge is 2.41. The van der Waals surface area contributed by atoms with Gasteiger partial charge in [0.2, 0.25) is 0 Å². The number of ketones is 1. The van der Waals surface area contributed by atoms with Crippen LogP contribution >= 0.6 is 0 Å². The highest BCUT2D eigenvalue weighted by atomic mass is 19.4. The predicted octanol–water partition coefficient (Wildman–Crippen LogP) is 5.58. The first kappa shape index (κ1) is 26.6. The van der Waals surface area contributed by atoms with Gasteiger partial charge in [-0.15, -0.1) is 13.2 Å². The summed E-state index contributed by atoms with van der Waals surface area (Å²) in [5.74, 6) is -1.05. The second kappa shape index (κ2) is 10.5. The number of benzene rings is 1. The number of nitrogens with zero attached hydrogens (tertiary/aromatic N) is 1. The Bertz CT molecular complexity index is 1400. The number of Topliss-reactive ketones (excluding diaryl/α,β-unsaturated/α-hetero) is 1. The van der Waals surface area contributed by atoms with Crippen LogP contribution in [0.1, 0.15) is 23.8 Å². The van der Waals surface area contributed by atoms with Crippen molar-refractivity contribution in [2.24, 2.45) is 0 Å². The van der Waals surface area contributed by atoms with Gasteiger partial charge in [-0.25, -0.2) is 4.90 Å². The van der Waals surface area contributed by atoms with E-state index in [4.69, 9.17) is 18.6 Å². The predicted molar refractivity (Wildman–Crippen MR) is 132 cm³/mol. The van der Waals surface area contributed by atoms with Crippen molar-refractivity contribution in [1.82, 2.24) is 4.90 Å². The zero-order chi connectivity index (χ0) is 27.6. The fourth-order valence-electron chi connectivity index (χ4n) is 4.23. The number of ether oxygens (including phenoxy) is 3. The number of furan rings is 1. The maximum Gasteiger partial charge on any atom is 0.487 e. The van der Waals surface area contributed by atoms with Gasteiger partial charge in [0.05, 0.1) is 34.1 Å². The number of fused-ring (bicyclic) bond motifs is 1. The topological polar surface area (TPSA) is 78.2 Å². The summed E-state index contributed by atoms with van der Waals surface area (Å²) < 4.78 is 62.2. The molecule has 2 aromatic rings. The summed E-state index contributed by atoms with van der Waals surface area (Å²) in [6, 6.07) is 7.94. The minimum atomic E-state index is -4.93. The van der Waals surface area contributed by atoms with Crippen LogP contribution in [0.3, 0.4) is 0 Å². The van der Waals surface area contributed by atoms with Crippen molar-refractivity contribution in [3.05, 3.63) is 100 Å². The monoisotopic (exact) mass is 527 g/mol. The van der Waals surface area contributed by atoms with E-state index in [-0.39, 0.29) is 22.2 Å². The average molecular weight is 527 g/mol. The third kappa shape index (κ3) is 5.15. The van der Waals surface area contributed by atoms with Crippen molar-refractivity contribution in [2.75, 3.05) is 21.3 Å². The lowest BCUT2D eigenvalue weighted by molar-refractivity contribution is -0.242. The number of alkyl halides is 3. The number of methoxy groups -OCH3 is 3. The number of hydrogen-bond donors (Lipinski definition) is 0. The summed E-state index contributed by atoms with van der Waals surface area (Å²) >= 11 is 0. The Kier molecular flexibility index (Phi) is 7.34. The van der Waals surface area contributed by atoms with Gasteiger partial charge in [-0.1, -0.05) is 6.07 Å². The molecular weight excluding hydrogens is 503 g/mol. The molecule has 10 heteroatoms. The van der Waals surface area contributed by atoms with Gasteiger partial charge in [0.1, 0.15) is 11.5 Å². The van der Waals surface area contributed by atoms with E-state index in [1.54, 1.807) is 31.2 Å². The van der Waals surface area contributed by atoms with E-state index in [0.717, 1.165) is 6.08 Å². The number of amides is 1. The summed E-state index contributed by atoms with van der Waals surface area (Å²) in [6.45, 7) is 0.936. The Labute approximate surface area is 216 Å². The van der Waals surface area contributed by atoms with Crippen LogP contribution < -0.4 is 4.74 Å². The van der Waals surface area contributed by atoms with Crippen LogP contribution in [-0.4, -0.2) is 44.2 Å². The lowest BCUT2D eigenvalue weighted by atomic mass is 9.99. The van der Waals surface area contributed by atoms with Gasteiger partial charge in [0, 0.05) is 6.08 Å². The molecule has 0 unspecified atom stereocenters. The van der Waals surface area contributed by atoms with E-state index < -0.39 is 24.5 Å². The molecule has 4 rings (SSSR count). The lowest BCUT2D eigenvalue weighted by Gasteiger charge is -2.23. The molecule has 0 saturated carbocycles. The normalized spacial score (nSPS) is 16.2. The second-order valence-corrected chi connectivity index (χ2v) is 8.38. The van der Waals surface area contributed by atoms with Crippen molar-refractivity contribution in [3.8, 4) is 5.75 Å². The summed E-state index contributed by atoms with van der Waals surface area (Å²) in [6.07, 6.45) is 2.10. The number of rotatable bonds is 7. The summed E-state index contributed by atoms with van der Waals surface area (Å²) in [4.78, 5) is 25.1. The zero-order valence-corrected chi connectivity index (χ0v) is 21.0. The van der Waals surface area contributed by atoms with Gasteiger partial charge in [-0.05, 0) is 82.8 Å². The maximum atomic E-state index is 13.8. The Morgan fingerprint density at radius 2 is 1.71 bits per heavy atom. The molecule has 1 amide bonds. The van der Waals surface area contributed by atoms with Crippen LogP contribution in [0, 0.1) is 0 Å². The number of carbonyl (C=O) groups is 2. The minimum absolute atomic E-state index is 0.00596. The lowest BCUT2D eigenvalue weighted by Crippen LogP contribution is -2.41. The number of allylic oxidation sites excluding steroid dienone is 7. The van der Waals surface area contributed by atoms with Gasteiger partial charge >= 0.3 is 6.30 Å². The molecule has 0 N–H and O–H groups in total. The first-order chi connectivity index (χ1) is 18.1. The SMILES string of the molecule is COC1=CC(=CC2=C(C)C(=CC(=O)N(Cc3ccco3)C(F)(F)F)c3cc(OC)ccc32)C=C(OC)C1=O. The van der Waals surface area contributed by atoms with Crippen molar-refractivity contribution in [2.45, 2.75) is 19.8 Å². The molecule has 0 saturated heterocycles. The average Bonchev–Trinajstić information content (AvgIpc) is 3.49. The third-order valence-electron chi connectivity index (χ3n) is 6.14. The quantitative estimate of drug-likeness (QED) is 0.346. The van der Waals surface area contributed by atoms with Crippen molar-refractivity contribution >= 4 is 22.8 Å². The van der Waals surface area contributed by atoms with Crippen LogP contribution in [0.2, 0.25) is 0 Å². The molecule has 0 atom stereocenters. The van der Waals surface area contributed by atoms with Crippen LogP contribution in [0.4, 0.5) is 13.2 Å². The summed E-state index contributed by atoms with van der Waals surface area (Å²) in [5, 5.41) is 0. The van der Waals surface area contributed by atoms with E-state index in [1.807, 2.05) is 0 Å². The van der Waals surface area contributed by atoms with Crippen LogP contribution in [0.5, 0.6) is 5.75 Å². The fraction of sp³-hybridized carbons (Fsp3) is 0.214. The van der Waals surface area contributed by atoms with Gasteiger partial charge < -0.3 is 18.6 Å². The molecule has 1 aromatic carbocycles. The fourth-order valence-corrected chi connectivity index (χ4v) is 4.23. The molecule has 38 heavy (non-hydrogen) atoms. The third-order valence-corrected chi connectivity index (χ3v) is 6.14. The Hall–Kier alpha value is -4.47. The van der Waals surface area contributed by atoms with Gasteiger partial charge in [-0.2, -0.15) is 0 Å². The first-order valence-corrected chi connectivity index (χ1v) is 11.4. The molecular formula is C28H24F3NO6. The van der Waals surface area contributed by atoms with Crippen LogP contribution in [-0.2, 0) is 25.6 Å². The maximum absolute atomic E-state index is 13.8. The van der Waals surface area contributed by atoms with Crippen LogP contribution in [0.15, 0.2) is 88.0 Å². The molecule has 0 bridgehead atoms. The highest BCUT2D eigenvalue weighted by Crippen LogP contribution is 2.44.